The number of hydrogen-bond donors (Lipinski definition) is 4. The fraction of sp³-hybridized carbons (Fsp3) is 0.875. The van der Waals surface area contributed by atoms with E-state index >= 15 is 0 Å². The van der Waals surface area contributed by atoms with E-state index in [-0.39, 0.29) is 22.5 Å². The van der Waals surface area contributed by atoms with Gasteiger partial charge in [-0.1, -0.05) is 11.8 Å². The van der Waals surface area contributed by atoms with E-state index in [0.717, 1.165) is 5.17 Å². The fourth-order valence-electron chi connectivity index (χ4n) is 1.70. The number of nitrogens with one attached hydrogen (secondary N) is 1. The van der Waals surface area contributed by atoms with Gasteiger partial charge in [0.05, 0.1) is 22.5 Å². The summed E-state index contributed by atoms with van der Waals surface area (Å²) in [6.07, 6.45) is -1.78. The third-order valence-corrected chi connectivity index (χ3v) is 5.55. The van der Waals surface area contributed by atoms with Crippen molar-refractivity contribution in [3.63, 3.8) is 0 Å². The van der Waals surface area contributed by atoms with Gasteiger partial charge in [-0.05, 0) is 0 Å². The van der Waals surface area contributed by atoms with Crippen molar-refractivity contribution < 1.29 is 15.3 Å². The largest absolute Gasteiger partial charge is 0.395 e. The van der Waals surface area contributed by atoms with Gasteiger partial charge in [-0.2, -0.15) is 0 Å². The molecule has 4 N–H and O–H groups in total. The lowest BCUT2D eigenvalue weighted by Gasteiger charge is -2.36. The highest BCUT2D eigenvalue weighted by atomic mass is 32.2. The first-order valence-corrected chi connectivity index (χ1v) is 6.54. The third kappa shape index (κ3) is 1.99. The van der Waals surface area contributed by atoms with Crippen LogP contribution in [0.4, 0.5) is 0 Å². The van der Waals surface area contributed by atoms with E-state index in [9.17, 15) is 10.2 Å². The first-order chi connectivity index (χ1) is 7.17. The number of hydrogen-bond acceptors (Lipinski definition) is 7. The molecular weight excluding hydrogens is 236 g/mol. The normalized spacial score (nSPS) is 44.8. The highest BCUT2D eigenvalue weighted by Crippen LogP contribution is 2.43. The van der Waals surface area contributed by atoms with Crippen LogP contribution < -0.4 is 5.32 Å². The van der Waals surface area contributed by atoms with Crippen LogP contribution in [0.25, 0.3) is 0 Å². The second kappa shape index (κ2) is 4.50. The molecule has 2 aliphatic rings. The fourth-order valence-corrected chi connectivity index (χ4v) is 4.64. The highest BCUT2D eigenvalue weighted by molar-refractivity contribution is 8.25. The molecule has 2 aliphatic heterocycles. The molecule has 15 heavy (non-hydrogen) atoms. The van der Waals surface area contributed by atoms with E-state index in [1.54, 1.807) is 7.05 Å². The standard InChI is InChI=1S/C8H14N2O3S2/c1-9-8-10-4-6(13)5(12)3(2-11)14-7(4)15-8/h3-7,11-13H,2H2,1H3,(H,9,10)/t3-,4-,5?,6-,7-/m1/s1. The molecule has 5 atom stereocenters. The Morgan fingerprint density at radius 1 is 1.40 bits per heavy atom. The lowest BCUT2D eigenvalue weighted by atomic mass is 10.0. The molecule has 1 saturated heterocycles. The summed E-state index contributed by atoms with van der Waals surface area (Å²) in [6.45, 7) is -0.123. The molecule has 2 heterocycles. The van der Waals surface area contributed by atoms with Gasteiger partial charge in [0.25, 0.3) is 0 Å². The molecule has 1 unspecified atom stereocenters. The zero-order chi connectivity index (χ0) is 11.0. The summed E-state index contributed by atoms with van der Waals surface area (Å²) in [5.41, 5.74) is 0. The van der Waals surface area contributed by atoms with Crippen molar-refractivity contribution in [2.45, 2.75) is 28.1 Å². The number of amidine groups is 1. The Morgan fingerprint density at radius 2 is 2.13 bits per heavy atom. The molecule has 0 saturated carbocycles. The molecule has 1 fully saturated rings. The van der Waals surface area contributed by atoms with E-state index < -0.39 is 12.2 Å². The molecule has 0 aliphatic carbocycles. The summed E-state index contributed by atoms with van der Waals surface area (Å²) < 4.78 is 0.0861. The third-order valence-electron chi connectivity index (χ3n) is 2.56. The summed E-state index contributed by atoms with van der Waals surface area (Å²) in [6, 6.07) is -0.278. The van der Waals surface area contributed by atoms with Crippen LogP contribution in [0.3, 0.4) is 0 Å². The van der Waals surface area contributed by atoms with Crippen molar-refractivity contribution in [3.8, 4) is 0 Å². The van der Waals surface area contributed by atoms with Crippen molar-refractivity contribution in [2.75, 3.05) is 13.7 Å². The Bertz CT molecular complexity index is 277. The average Bonchev–Trinajstić information content (AvgIpc) is 2.66. The number of fused-ring (bicyclic) bond motifs is 1. The van der Waals surface area contributed by atoms with Crippen molar-refractivity contribution in [2.24, 2.45) is 4.99 Å². The van der Waals surface area contributed by atoms with Crippen LogP contribution in [0.5, 0.6) is 0 Å². The molecule has 0 aromatic heterocycles. The maximum atomic E-state index is 9.84. The minimum Gasteiger partial charge on any atom is -0.395 e. The maximum absolute atomic E-state index is 9.84. The van der Waals surface area contributed by atoms with Gasteiger partial charge in [0, 0.05) is 7.05 Å². The van der Waals surface area contributed by atoms with Crippen molar-refractivity contribution in [1.29, 1.82) is 0 Å². The monoisotopic (exact) mass is 250 g/mol. The predicted octanol–water partition coefficient (Wildman–Crippen LogP) is -1.17. The summed E-state index contributed by atoms with van der Waals surface area (Å²) in [5.74, 6) is 0. The Hall–Kier alpha value is 0.0500. The number of rotatable bonds is 1. The number of aliphatic hydroxyl groups is 3. The van der Waals surface area contributed by atoms with E-state index in [4.69, 9.17) is 5.11 Å². The van der Waals surface area contributed by atoms with Crippen LogP contribution in [0, 0.1) is 0 Å². The van der Waals surface area contributed by atoms with E-state index in [0.29, 0.717) is 0 Å². The molecule has 0 radical (unpaired) electrons. The van der Waals surface area contributed by atoms with E-state index in [1.165, 1.54) is 23.5 Å². The van der Waals surface area contributed by atoms with Gasteiger partial charge in [0.15, 0.2) is 5.17 Å². The minimum atomic E-state index is -0.901. The van der Waals surface area contributed by atoms with Crippen LogP contribution in [0.1, 0.15) is 0 Å². The zero-order valence-electron chi connectivity index (χ0n) is 8.20. The van der Waals surface area contributed by atoms with E-state index in [2.05, 4.69) is 10.3 Å². The molecule has 86 valence electrons. The molecule has 7 heteroatoms. The van der Waals surface area contributed by atoms with Gasteiger partial charge < -0.3 is 20.6 Å². The Kier molecular flexibility index (Phi) is 3.46. The number of aliphatic imine (C=N–C) groups is 1. The predicted molar refractivity (Wildman–Crippen MR) is 62.1 cm³/mol. The van der Waals surface area contributed by atoms with Crippen LogP contribution >= 0.6 is 23.5 Å². The number of nitrogens with zero attached hydrogens (tertiary/aromatic N) is 1. The van der Waals surface area contributed by atoms with Crippen LogP contribution in [0.15, 0.2) is 4.99 Å². The van der Waals surface area contributed by atoms with Crippen LogP contribution in [0.2, 0.25) is 0 Å². The molecule has 0 amide bonds. The topological polar surface area (TPSA) is 85.1 Å². The summed E-state index contributed by atoms with van der Waals surface area (Å²) in [7, 11) is 1.78. The smallest absolute Gasteiger partial charge is 0.157 e. The molecule has 0 aromatic rings. The Morgan fingerprint density at radius 3 is 2.73 bits per heavy atom. The first kappa shape index (κ1) is 11.5. The van der Waals surface area contributed by atoms with Crippen molar-refractivity contribution in [3.05, 3.63) is 0 Å². The molecule has 0 bridgehead atoms. The first-order valence-electron chi connectivity index (χ1n) is 4.72. The van der Waals surface area contributed by atoms with Gasteiger partial charge in [-0.15, -0.1) is 11.8 Å². The van der Waals surface area contributed by atoms with Gasteiger partial charge in [-0.25, -0.2) is 0 Å². The number of aliphatic hydroxyl groups excluding tert-OH is 3. The van der Waals surface area contributed by atoms with Crippen molar-refractivity contribution in [1.82, 2.24) is 5.32 Å². The molecule has 0 aromatic carbocycles. The summed E-state index contributed by atoms with van der Waals surface area (Å²) in [4.78, 5) is 4.28. The minimum absolute atomic E-state index is 0.0861. The second-order valence-electron chi connectivity index (χ2n) is 3.50. The zero-order valence-corrected chi connectivity index (χ0v) is 9.83. The Balaban J connectivity index is 2.12. The van der Waals surface area contributed by atoms with E-state index in [1.807, 2.05) is 0 Å². The molecule has 0 spiro atoms. The SMILES string of the molecule is CNC1=N[C@H]2[C@@H](S1)S[C@H](CO)C(O)[C@@H]2O. The quantitative estimate of drug-likeness (QED) is 0.469. The maximum Gasteiger partial charge on any atom is 0.157 e. The van der Waals surface area contributed by atoms with Gasteiger partial charge >= 0.3 is 0 Å². The summed E-state index contributed by atoms with van der Waals surface area (Å²) in [5, 5.41) is 32.0. The highest BCUT2D eigenvalue weighted by Gasteiger charge is 2.47. The summed E-state index contributed by atoms with van der Waals surface area (Å²) >= 11 is 3.02. The molecule has 5 nitrogen and oxygen atoms in total. The lowest BCUT2D eigenvalue weighted by molar-refractivity contribution is -0.00539. The van der Waals surface area contributed by atoms with Gasteiger partial charge in [0.1, 0.15) is 12.1 Å². The van der Waals surface area contributed by atoms with Crippen molar-refractivity contribution >= 4 is 28.7 Å². The number of thioether (sulfide) groups is 2. The molecular formula is C8H14N2O3S2. The Labute approximate surface area is 96.4 Å². The second-order valence-corrected chi connectivity index (χ2v) is 6.31. The van der Waals surface area contributed by atoms with Crippen LogP contribution in [-0.2, 0) is 0 Å². The van der Waals surface area contributed by atoms with Gasteiger partial charge in [0.2, 0.25) is 0 Å². The molecule has 2 rings (SSSR count). The average molecular weight is 250 g/mol. The van der Waals surface area contributed by atoms with Gasteiger partial charge in [-0.3, -0.25) is 4.99 Å². The van der Waals surface area contributed by atoms with Crippen LogP contribution in [-0.4, -0.2) is 62.2 Å². The lowest BCUT2D eigenvalue weighted by Crippen LogP contribution is -2.51.